The van der Waals surface area contributed by atoms with E-state index in [-0.39, 0.29) is 18.0 Å². The molecule has 1 amide bonds. The van der Waals surface area contributed by atoms with Gasteiger partial charge in [0.2, 0.25) is 0 Å². The number of hydrogen-bond acceptors (Lipinski definition) is 5. The van der Waals surface area contributed by atoms with E-state index in [2.05, 4.69) is 46.3 Å². The van der Waals surface area contributed by atoms with Gasteiger partial charge in [-0.3, -0.25) is 24.3 Å². The number of carbonyl (C=O) groups excluding carboxylic acids is 1. The number of methoxy groups -OCH3 is 1. The van der Waals surface area contributed by atoms with E-state index in [1.807, 2.05) is 39.0 Å². The van der Waals surface area contributed by atoms with Crippen LogP contribution in [-0.4, -0.2) is 53.4 Å². The monoisotopic (exact) mass is 581 g/mol. The molecule has 222 valence electrons. The molecule has 2 aromatic carbocycles. The number of benzene rings is 2. The number of aromatic nitrogens is 2. The molecule has 0 spiro atoms. The molecular formula is C32H44ClN5O3. The van der Waals surface area contributed by atoms with Gasteiger partial charge >= 0.3 is 0 Å². The number of rotatable bonds is 11. The number of H-pyrrole nitrogens is 1. The SMILES string of the molecule is CCn1[nH]c(=O)c(CNC(=O)c2cc(Cl)cc(N(CC)[C@H]3CC[C@H](N(C)Cc4ccc(OC)cc4)CC3)c2C)c1C. The van der Waals surface area contributed by atoms with Crippen LogP contribution in [0.3, 0.4) is 0 Å². The number of aromatic amines is 1. The maximum Gasteiger partial charge on any atom is 0.269 e. The Morgan fingerprint density at radius 3 is 2.34 bits per heavy atom. The molecule has 1 aliphatic rings. The average molecular weight is 582 g/mol. The highest BCUT2D eigenvalue weighted by Gasteiger charge is 2.29. The summed E-state index contributed by atoms with van der Waals surface area (Å²) in [6, 6.07) is 12.9. The lowest BCUT2D eigenvalue weighted by Gasteiger charge is -2.41. The molecule has 8 nitrogen and oxygen atoms in total. The Kier molecular flexibility index (Phi) is 10.2. The van der Waals surface area contributed by atoms with Gasteiger partial charge in [0.05, 0.1) is 19.2 Å². The molecule has 1 saturated carbocycles. The fourth-order valence-corrected chi connectivity index (χ4v) is 6.38. The van der Waals surface area contributed by atoms with Gasteiger partial charge in [-0.05, 0) is 95.8 Å². The molecule has 0 unspecified atom stereocenters. The summed E-state index contributed by atoms with van der Waals surface area (Å²) in [4.78, 5) is 30.5. The number of aryl methyl sites for hydroxylation is 1. The van der Waals surface area contributed by atoms with E-state index >= 15 is 0 Å². The zero-order valence-corrected chi connectivity index (χ0v) is 26.0. The number of ether oxygens (including phenoxy) is 1. The summed E-state index contributed by atoms with van der Waals surface area (Å²) in [6.07, 6.45) is 4.39. The van der Waals surface area contributed by atoms with Gasteiger partial charge in [-0.1, -0.05) is 23.7 Å². The lowest BCUT2D eigenvalue weighted by atomic mass is 9.88. The molecule has 1 heterocycles. The minimum absolute atomic E-state index is 0.167. The first-order valence-electron chi connectivity index (χ1n) is 14.6. The van der Waals surface area contributed by atoms with Crippen LogP contribution in [-0.2, 0) is 19.6 Å². The van der Waals surface area contributed by atoms with Crippen LogP contribution in [0.2, 0.25) is 5.02 Å². The number of anilines is 1. The highest BCUT2D eigenvalue weighted by atomic mass is 35.5. The van der Waals surface area contributed by atoms with E-state index in [4.69, 9.17) is 16.3 Å². The average Bonchev–Trinajstić information content (AvgIpc) is 3.26. The maximum absolute atomic E-state index is 13.3. The number of nitrogens with zero attached hydrogens (tertiary/aromatic N) is 3. The highest BCUT2D eigenvalue weighted by molar-refractivity contribution is 6.31. The van der Waals surface area contributed by atoms with E-state index in [0.717, 1.165) is 61.5 Å². The Hall–Kier alpha value is -3.23. The van der Waals surface area contributed by atoms with E-state index < -0.39 is 0 Å². The molecule has 1 aliphatic carbocycles. The van der Waals surface area contributed by atoms with Crippen molar-refractivity contribution in [2.45, 2.75) is 85.1 Å². The van der Waals surface area contributed by atoms with E-state index in [1.54, 1.807) is 17.9 Å². The number of hydrogen-bond donors (Lipinski definition) is 2. The minimum atomic E-state index is -0.228. The van der Waals surface area contributed by atoms with E-state index in [9.17, 15) is 9.59 Å². The molecular weight excluding hydrogens is 538 g/mol. The van der Waals surface area contributed by atoms with Gasteiger partial charge in [0.1, 0.15) is 5.75 Å². The Bertz CT molecular complexity index is 1390. The molecule has 41 heavy (non-hydrogen) atoms. The third-order valence-electron chi connectivity index (χ3n) is 8.66. The summed E-state index contributed by atoms with van der Waals surface area (Å²) in [5.74, 6) is 0.653. The van der Waals surface area contributed by atoms with Crippen LogP contribution in [0.5, 0.6) is 5.75 Å². The zero-order chi connectivity index (χ0) is 29.7. The first-order chi connectivity index (χ1) is 19.7. The second-order valence-electron chi connectivity index (χ2n) is 11.0. The van der Waals surface area contributed by atoms with Crippen LogP contribution in [0, 0.1) is 13.8 Å². The summed E-state index contributed by atoms with van der Waals surface area (Å²) >= 11 is 6.58. The topological polar surface area (TPSA) is 82.6 Å². The molecule has 4 rings (SSSR count). The van der Waals surface area contributed by atoms with Crippen molar-refractivity contribution < 1.29 is 9.53 Å². The van der Waals surface area contributed by atoms with Crippen molar-refractivity contribution in [1.29, 1.82) is 0 Å². The molecule has 2 N–H and O–H groups in total. The first kappa shape index (κ1) is 30.7. The number of amides is 1. The van der Waals surface area contributed by atoms with Crippen LogP contribution < -0.4 is 20.5 Å². The Morgan fingerprint density at radius 2 is 1.76 bits per heavy atom. The molecule has 0 atom stereocenters. The van der Waals surface area contributed by atoms with Gasteiger partial charge in [-0.2, -0.15) is 0 Å². The Balaban J connectivity index is 1.42. The van der Waals surface area contributed by atoms with E-state index in [1.165, 1.54) is 5.56 Å². The Labute approximate surface area is 248 Å². The Morgan fingerprint density at radius 1 is 1.10 bits per heavy atom. The second kappa shape index (κ2) is 13.6. The lowest BCUT2D eigenvalue weighted by Crippen LogP contribution is -2.43. The molecule has 0 bridgehead atoms. The van der Waals surface area contributed by atoms with Gasteiger partial charge < -0.3 is 15.0 Å². The van der Waals surface area contributed by atoms with Crippen molar-refractivity contribution in [1.82, 2.24) is 20.0 Å². The summed E-state index contributed by atoms with van der Waals surface area (Å²) in [6.45, 7) is 10.6. The lowest BCUT2D eigenvalue weighted by molar-refractivity contribution is 0.0950. The fourth-order valence-electron chi connectivity index (χ4n) is 6.17. The predicted molar refractivity (Wildman–Crippen MR) is 166 cm³/mol. The molecule has 1 fully saturated rings. The van der Waals surface area contributed by atoms with Gasteiger partial charge in [0.15, 0.2) is 0 Å². The largest absolute Gasteiger partial charge is 0.497 e. The van der Waals surface area contributed by atoms with Crippen LogP contribution in [0.1, 0.15) is 72.3 Å². The van der Waals surface area contributed by atoms with Crippen molar-refractivity contribution in [3.8, 4) is 5.75 Å². The van der Waals surface area contributed by atoms with Crippen LogP contribution >= 0.6 is 11.6 Å². The van der Waals surface area contributed by atoms with Crippen molar-refractivity contribution in [2.24, 2.45) is 0 Å². The molecule has 0 radical (unpaired) electrons. The fraction of sp³-hybridized carbons (Fsp3) is 0.500. The third-order valence-corrected chi connectivity index (χ3v) is 8.87. The molecule has 0 saturated heterocycles. The van der Waals surface area contributed by atoms with Crippen LogP contribution in [0.15, 0.2) is 41.2 Å². The van der Waals surface area contributed by atoms with Crippen molar-refractivity contribution in [3.05, 3.63) is 79.7 Å². The summed E-state index contributed by atoms with van der Waals surface area (Å²) in [5.41, 5.74) is 4.98. The van der Waals surface area contributed by atoms with Crippen molar-refractivity contribution >= 4 is 23.2 Å². The smallest absolute Gasteiger partial charge is 0.269 e. The minimum Gasteiger partial charge on any atom is -0.497 e. The van der Waals surface area contributed by atoms with Gasteiger partial charge in [0, 0.05) is 53.7 Å². The number of nitrogens with one attached hydrogen (secondary N) is 2. The van der Waals surface area contributed by atoms with Crippen molar-refractivity contribution in [3.63, 3.8) is 0 Å². The molecule has 9 heteroatoms. The quantitative estimate of drug-likeness (QED) is 0.305. The number of halogens is 1. The van der Waals surface area contributed by atoms with Crippen LogP contribution in [0.25, 0.3) is 0 Å². The third kappa shape index (κ3) is 6.99. The first-order valence-corrected chi connectivity index (χ1v) is 15.0. The van der Waals surface area contributed by atoms with Gasteiger partial charge in [-0.15, -0.1) is 0 Å². The second-order valence-corrected chi connectivity index (χ2v) is 11.5. The van der Waals surface area contributed by atoms with Gasteiger partial charge in [-0.25, -0.2) is 0 Å². The van der Waals surface area contributed by atoms with Crippen molar-refractivity contribution in [2.75, 3.05) is 25.6 Å². The summed E-state index contributed by atoms with van der Waals surface area (Å²) in [7, 11) is 3.90. The van der Waals surface area contributed by atoms with E-state index in [0.29, 0.717) is 34.8 Å². The normalized spacial score (nSPS) is 17.1. The standard InChI is InChI=1S/C32H44ClN5O3/c1-7-37(26-13-11-25(12-14-26)36(5)20-23-9-15-27(41-6)16-10-23)30-18-24(33)17-28(21(30)3)31(39)34-19-29-22(4)38(8-2)35-32(29)40/h9-10,15-18,25-26H,7-8,11-14,19-20H2,1-6H3,(H,34,39)(H,35,40)/t25-,26-. The highest BCUT2D eigenvalue weighted by Crippen LogP contribution is 2.34. The van der Waals surface area contributed by atoms with Crippen LogP contribution in [0.4, 0.5) is 5.69 Å². The number of carbonyl (C=O) groups is 1. The summed E-state index contributed by atoms with van der Waals surface area (Å²) in [5, 5.41) is 6.30. The molecule has 0 aliphatic heterocycles. The van der Waals surface area contributed by atoms with Gasteiger partial charge in [0.25, 0.3) is 11.5 Å². The maximum atomic E-state index is 13.3. The predicted octanol–water partition coefficient (Wildman–Crippen LogP) is 5.67. The zero-order valence-electron chi connectivity index (χ0n) is 25.2. The summed E-state index contributed by atoms with van der Waals surface area (Å²) < 4.78 is 7.08. The molecule has 1 aromatic heterocycles. The molecule has 3 aromatic rings.